The molecule has 0 amide bonds. The molecule has 0 fully saturated rings. The molecule has 1 aromatic heterocycles. The zero-order valence-corrected chi connectivity index (χ0v) is 12.5. The third-order valence-electron chi connectivity index (χ3n) is 2.20. The standard InChI is InChI=1S/C11H17N9.ClH/c1-6(17-19-10(12)13)8-3-9(5-16-4-8)7(2)18-20-11(14)15;/h3-5H,1-2H3,(H4,12,13,19)(H4,14,15,20);1H/b17-6+,18-7+;. The van der Waals surface area contributed by atoms with E-state index in [1.165, 1.54) is 0 Å². The second-order valence-electron chi connectivity index (χ2n) is 3.88. The van der Waals surface area contributed by atoms with Crippen molar-refractivity contribution in [1.29, 1.82) is 0 Å². The molecule has 21 heavy (non-hydrogen) atoms. The number of nitrogens with zero attached hydrogens (tertiary/aromatic N) is 5. The maximum atomic E-state index is 5.21. The van der Waals surface area contributed by atoms with E-state index in [-0.39, 0.29) is 24.3 Å². The minimum absolute atomic E-state index is 0. The number of guanidine groups is 2. The molecule has 1 rings (SSSR count). The van der Waals surface area contributed by atoms with Crippen LogP contribution in [-0.4, -0.2) is 28.3 Å². The molecule has 9 nitrogen and oxygen atoms in total. The maximum Gasteiger partial charge on any atom is 0.211 e. The number of halogens is 1. The van der Waals surface area contributed by atoms with Gasteiger partial charge < -0.3 is 22.9 Å². The first-order chi connectivity index (χ1) is 9.40. The zero-order valence-electron chi connectivity index (χ0n) is 11.7. The van der Waals surface area contributed by atoms with Gasteiger partial charge in [-0.1, -0.05) is 0 Å². The van der Waals surface area contributed by atoms with Crippen LogP contribution >= 0.6 is 12.4 Å². The molecule has 0 saturated heterocycles. The van der Waals surface area contributed by atoms with Crippen LogP contribution in [0, 0.1) is 0 Å². The van der Waals surface area contributed by atoms with Gasteiger partial charge in [0.25, 0.3) is 0 Å². The molecule has 1 heterocycles. The minimum atomic E-state index is -0.112. The fourth-order valence-electron chi connectivity index (χ4n) is 1.22. The lowest BCUT2D eigenvalue weighted by molar-refractivity contribution is 1.18. The normalized spacial score (nSPS) is 11.3. The summed E-state index contributed by atoms with van der Waals surface area (Å²) < 4.78 is 0. The first kappa shape index (κ1) is 18.3. The highest BCUT2D eigenvalue weighted by atomic mass is 35.5. The number of nitrogens with two attached hydrogens (primary N) is 4. The smallest absolute Gasteiger partial charge is 0.211 e. The van der Waals surface area contributed by atoms with Crippen molar-refractivity contribution in [2.75, 3.05) is 0 Å². The molecule has 0 saturated carbocycles. The van der Waals surface area contributed by atoms with Crippen molar-refractivity contribution in [3.63, 3.8) is 0 Å². The molecule has 0 spiro atoms. The first-order valence-corrected chi connectivity index (χ1v) is 5.62. The number of hydrogen-bond donors (Lipinski definition) is 4. The Labute approximate surface area is 128 Å². The predicted molar refractivity (Wildman–Crippen MR) is 87.5 cm³/mol. The van der Waals surface area contributed by atoms with Gasteiger partial charge in [0.2, 0.25) is 11.9 Å². The van der Waals surface area contributed by atoms with E-state index in [0.29, 0.717) is 11.4 Å². The van der Waals surface area contributed by atoms with Crippen LogP contribution in [-0.2, 0) is 0 Å². The number of aromatic nitrogens is 1. The van der Waals surface area contributed by atoms with Crippen molar-refractivity contribution in [1.82, 2.24) is 4.98 Å². The largest absolute Gasteiger partial charge is 0.369 e. The summed E-state index contributed by atoms with van der Waals surface area (Å²) in [4.78, 5) is 4.10. The molecule has 0 aliphatic carbocycles. The van der Waals surface area contributed by atoms with Crippen molar-refractivity contribution in [3.05, 3.63) is 29.6 Å². The second kappa shape index (κ2) is 8.48. The highest BCUT2D eigenvalue weighted by Crippen LogP contribution is 2.06. The molecule has 0 atom stereocenters. The van der Waals surface area contributed by atoms with Gasteiger partial charge in [0.15, 0.2) is 0 Å². The van der Waals surface area contributed by atoms with Crippen molar-refractivity contribution in [2.45, 2.75) is 13.8 Å². The third kappa shape index (κ3) is 6.34. The van der Waals surface area contributed by atoms with Crippen molar-refractivity contribution in [2.24, 2.45) is 43.3 Å². The summed E-state index contributed by atoms with van der Waals surface area (Å²) in [5.41, 5.74) is 23.6. The van der Waals surface area contributed by atoms with E-state index in [2.05, 4.69) is 25.4 Å². The SMILES string of the molecule is C/C(=N\N=C(N)N)c1cncc(/C(C)=N/N=C(N)N)c1.Cl. The molecule has 0 aliphatic heterocycles. The number of rotatable bonds is 4. The lowest BCUT2D eigenvalue weighted by Gasteiger charge is -2.02. The molecule has 1 aromatic rings. The van der Waals surface area contributed by atoms with Crippen molar-refractivity contribution in [3.8, 4) is 0 Å². The summed E-state index contributed by atoms with van der Waals surface area (Å²) in [5.74, 6) is -0.224. The van der Waals surface area contributed by atoms with Crippen LogP contribution in [0.1, 0.15) is 25.0 Å². The minimum Gasteiger partial charge on any atom is -0.369 e. The average molecular weight is 312 g/mol. The van der Waals surface area contributed by atoms with Gasteiger partial charge in [0.1, 0.15) is 0 Å². The Morgan fingerprint density at radius 3 is 1.52 bits per heavy atom. The summed E-state index contributed by atoms with van der Waals surface area (Å²) in [6, 6.07) is 1.83. The second-order valence-corrected chi connectivity index (χ2v) is 3.88. The van der Waals surface area contributed by atoms with Crippen LogP contribution in [0.5, 0.6) is 0 Å². The van der Waals surface area contributed by atoms with Gasteiger partial charge in [0.05, 0.1) is 11.4 Å². The van der Waals surface area contributed by atoms with Gasteiger partial charge in [-0.25, -0.2) is 0 Å². The Kier molecular flexibility index (Phi) is 7.40. The van der Waals surface area contributed by atoms with Crippen LogP contribution < -0.4 is 22.9 Å². The van der Waals surface area contributed by atoms with E-state index in [1.54, 1.807) is 26.2 Å². The first-order valence-electron chi connectivity index (χ1n) is 5.62. The molecule has 0 aromatic carbocycles. The monoisotopic (exact) mass is 311 g/mol. The summed E-state index contributed by atoms with van der Waals surface area (Å²) in [7, 11) is 0. The topological polar surface area (TPSA) is 166 Å². The van der Waals surface area contributed by atoms with Crippen LogP contribution in [0.3, 0.4) is 0 Å². The van der Waals surface area contributed by atoms with Gasteiger partial charge in [-0.15, -0.1) is 22.6 Å². The summed E-state index contributed by atoms with van der Waals surface area (Å²) in [5, 5.41) is 14.9. The van der Waals surface area contributed by atoms with Gasteiger partial charge in [-0.3, -0.25) is 4.98 Å². The van der Waals surface area contributed by atoms with Gasteiger partial charge in [-0.05, 0) is 19.9 Å². The van der Waals surface area contributed by atoms with Gasteiger partial charge in [0, 0.05) is 23.5 Å². The van der Waals surface area contributed by atoms with Gasteiger partial charge in [-0.2, -0.15) is 10.2 Å². The summed E-state index contributed by atoms with van der Waals surface area (Å²) in [6.07, 6.45) is 3.27. The third-order valence-corrected chi connectivity index (χ3v) is 2.20. The molecule has 0 bridgehead atoms. The molecule has 0 unspecified atom stereocenters. The Hall–Kier alpha value is -2.68. The molecule has 0 aliphatic rings. The molecule has 8 N–H and O–H groups in total. The Bertz CT molecular complexity index is 546. The number of pyridine rings is 1. The van der Waals surface area contributed by atoms with E-state index >= 15 is 0 Å². The Balaban J connectivity index is 0.00000400. The quantitative estimate of drug-likeness (QED) is 0.333. The summed E-state index contributed by atoms with van der Waals surface area (Å²) >= 11 is 0. The molecule has 10 heteroatoms. The fourth-order valence-corrected chi connectivity index (χ4v) is 1.22. The van der Waals surface area contributed by atoms with E-state index in [0.717, 1.165) is 11.1 Å². The van der Waals surface area contributed by atoms with E-state index in [1.807, 2.05) is 6.07 Å². The van der Waals surface area contributed by atoms with E-state index < -0.39 is 0 Å². The van der Waals surface area contributed by atoms with Crippen LogP contribution in [0.2, 0.25) is 0 Å². The molecular weight excluding hydrogens is 294 g/mol. The molecule has 0 radical (unpaired) electrons. The highest BCUT2D eigenvalue weighted by Gasteiger charge is 2.03. The highest BCUT2D eigenvalue weighted by molar-refractivity contribution is 6.03. The van der Waals surface area contributed by atoms with Crippen LogP contribution in [0.4, 0.5) is 0 Å². The van der Waals surface area contributed by atoms with Crippen molar-refractivity contribution >= 4 is 35.7 Å². The predicted octanol–water partition coefficient (Wildman–Crippen LogP) is -0.502. The summed E-state index contributed by atoms with van der Waals surface area (Å²) in [6.45, 7) is 3.52. The number of hydrogen-bond acceptors (Lipinski definition) is 5. The lowest BCUT2D eigenvalue weighted by atomic mass is 10.1. The Morgan fingerprint density at radius 2 is 1.19 bits per heavy atom. The molecule has 114 valence electrons. The Morgan fingerprint density at radius 1 is 0.810 bits per heavy atom. The van der Waals surface area contributed by atoms with Crippen LogP contribution in [0.15, 0.2) is 38.9 Å². The van der Waals surface area contributed by atoms with Crippen LogP contribution in [0.25, 0.3) is 0 Å². The van der Waals surface area contributed by atoms with E-state index in [9.17, 15) is 0 Å². The average Bonchev–Trinajstić information content (AvgIpc) is 2.42. The van der Waals surface area contributed by atoms with Crippen molar-refractivity contribution < 1.29 is 0 Å². The van der Waals surface area contributed by atoms with Gasteiger partial charge >= 0.3 is 0 Å². The van der Waals surface area contributed by atoms with E-state index in [4.69, 9.17) is 22.9 Å². The maximum absolute atomic E-state index is 5.21. The fraction of sp³-hybridized carbons (Fsp3) is 0.182. The zero-order chi connectivity index (χ0) is 15.1. The molecular formula is C11H18ClN9. The lowest BCUT2D eigenvalue weighted by Crippen LogP contribution is -2.22.